The first-order valence-electron chi connectivity index (χ1n) is 5.00. The summed E-state index contributed by atoms with van der Waals surface area (Å²) in [4.78, 5) is 11.1. The Balaban J connectivity index is 2.26. The molecule has 1 aromatic heterocycles. The molecular weight excluding hydrogens is 275 g/mol. The molecule has 2 rings (SSSR count). The highest BCUT2D eigenvalue weighted by molar-refractivity contribution is 7.84. The van der Waals surface area contributed by atoms with Crippen LogP contribution in [0.2, 0.25) is 0 Å². The molecule has 0 fully saturated rings. The van der Waals surface area contributed by atoms with Crippen molar-refractivity contribution in [3.63, 3.8) is 0 Å². The van der Waals surface area contributed by atoms with E-state index in [0.717, 1.165) is 17.7 Å². The van der Waals surface area contributed by atoms with Gasteiger partial charge in [0.25, 0.3) is 0 Å². The molecule has 1 unspecified atom stereocenters. The minimum Gasteiger partial charge on any atom is -0.478 e. The first-order valence-corrected chi connectivity index (χ1v) is 7.26. The standard InChI is InChI=1S/C12H9FO3S2/c13-11-2-1-9(5-10(11)12(14)15)18(16)7-8-3-4-17-6-8/h1-6H,7H2,(H,14,15). The molecular formula is C12H9FO3S2. The molecule has 94 valence electrons. The molecule has 2 aromatic rings. The van der Waals surface area contributed by atoms with Crippen LogP contribution in [0.3, 0.4) is 0 Å². The lowest BCUT2D eigenvalue weighted by molar-refractivity contribution is 0.0691. The van der Waals surface area contributed by atoms with E-state index in [1.165, 1.54) is 17.4 Å². The number of benzene rings is 1. The molecule has 0 spiro atoms. The topological polar surface area (TPSA) is 54.4 Å². The van der Waals surface area contributed by atoms with Crippen molar-refractivity contribution in [3.8, 4) is 0 Å². The van der Waals surface area contributed by atoms with Gasteiger partial charge >= 0.3 is 5.97 Å². The molecule has 0 amide bonds. The van der Waals surface area contributed by atoms with Crippen LogP contribution in [-0.2, 0) is 16.6 Å². The molecule has 0 saturated carbocycles. The van der Waals surface area contributed by atoms with Crippen LogP contribution in [0.25, 0.3) is 0 Å². The zero-order valence-electron chi connectivity index (χ0n) is 9.13. The third kappa shape index (κ3) is 2.83. The summed E-state index contributed by atoms with van der Waals surface area (Å²) >= 11 is 1.50. The Kier molecular flexibility index (Phi) is 3.88. The van der Waals surface area contributed by atoms with Crippen molar-refractivity contribution in [1.29, 1.82) is 0 Å². The molecule has 1 N–H and O–H groups in total. The van der Waals surface area contributed by atoms with Crippen LogP contribution in [0.15, 0.2) is 39.9 Å². The second-order valence-electron chi connectivity index (χ2n) is 3.57. The summed E-state index contributed by atoms with van der Waals surface area (Å²) in [5.41, 5.74) is 0.464. The summed E-state index contributed by atoms with van der Waals surface area (Å²) in [6.07, 6.45) is 0. The van der Waals surface area contributed by atoms with Crippen molar-refractivity contribution < 1.29 is 18.5 Å². The minimum atomic E-state index is -1.37. The Bertz CT molecular complexity index is 593. The number of hydrogen-bond acceptors (Lipinski definition) is 3. The number of thiophene rings is 1. The van der Waals surface area contributed by atoms with Crippen molar-refractivity contribution in [2.75, 3.05) is 0 Å². The van der Waals surface area contributed by atoms with Crippen molar-refractivity contribution in [2.24, 2.45) is 0 Å². The van der Waals surface area contributed by atoms with Crippen molar-refractivity contribution >= 4 is 28.1 Å². The van der Waals surface area contributed by atoms with Gasteiger partial charge < -0.3 is 5.11 Å². The van der Waals surface area contributed by atoms with Crippen LogP contribution in [-0.4, -0.2) is 15.3 Å². The van der Waals surface area contributed by atoms with Gasteiger partial charge in [0.15, 0.2) is 0 Å². The van der Waals surface area contributed by atoms with Crippen LogP contribution < -0.4 is 0 Å². The largest absolute Gasteiger partial charge is 0.478 e. The maximum Gasteiger partial charge on any atom is 0.338 e. The fraction of sp³-hybridized carbons (Fsp3) is 0.0833. The van der Waals surface area contributed by atoms with E-state index in [4.69, 9.17) is 5.11 Å². The molecule has 0 aliphatic heterocycles. The van der Waals surface area contributed by atoms with E-state index >= 15 is 0 Å². The van der Waals surface area contributed by atoms with Gasteiger partial charge in [0.1, 0.15) is 5.82 Å². The van der Waals surface area contributed by atoms with Crippen LogP contribution in [0.1, 0.15) is 15.9 Å². The number of carboxylic acids is 1. The van der Waals surface area contributed by atoms with Crippen LogP contribution in [0.4, 0.5) is 4.39 Å². The Hall–Kier alpha value is -1.53. The van der Waals surface area contributed by atoms with Gasteiger partial charge in [-0.3, -0.25) is 4.21 Å². The van der Waals surface area contributed by atoms with Gasteiger partial charge in [-0.05, 0) is 40.6 Å². The lowest BCUT2D eigenvalue weighted by Gasteiger charge is -2.03. The summed E-state index contributed by atoms with van der Waals surface area (Å²) < 4.78 is 25.2. The van der Waals surface area contributed by atoms with Gasteiger partial charge in [-0.1, -0.05) is 0 Å². The Morgan fingerprint density at radius 1 is 1.39 bits per heavy atom. The molecule has 1 heterocycles. The second kappa shape index (κ2) is 5.41. The van der Waals surface area contributed by atoms with Crippen molar-refractivity contribution in [2.45, 2.75) is 10.6 Å². The molecule has 1 aromatic carbocycles. The quantitative estimate of drug-likeness (QED) is 0.939. The maximum atomic E-state index is 13.2. The van der Waals surface area contributed by atoms with Gasteiger partial charge in [-0.25, -0.2) is 9.18 Å². The smallest absolute Gasteiger partial charge is 0.338 e. The number of aromatic carboxylic acids is 1. The summed E-state index contributed by atoms with van der Waals surface area (Å²) in [7, 11) is -1.37. The molecule has 3 nitrogen and oxygen atoms in total. The zero-order chi connectivity index (χ0) is 13.1. The van der Waals surface area contributed by atoms with Gasteiger partial charge in [0.05, 0.1) is 22.1 Å². The predicted octanol–water partition coefficient (Wildman–Crippen LogP) is 2.89. The van der Waals surface area contributed by atoms with Crippen molar-refractivity contribution in [3.05, 3.63) is 52.0 Å². The maximum absolute atomic E-state index is 13.2. The Morgan fingerprint density at radius 2 is 2.17 bits per heavy atom. The summed E-state index contributed by atoms with van der Waals surface area (Å²) in [5, 5.41) is 12.5. The average molecular weight is 284 g/mol. The fourth-order valence-electron chi connectivity index (χ4n) is 1.42. The first kappa shape index (κ1) is 12.9. The monoisotopic (exact) mass is 284 g/mol. The lowest BCUT2D eigenvalue weighted by atomic mass is 10.2. The first-order chi connectivity index (χ1) is 8.58. The van der Waals surface area contributed by atoms with Gasteiger partial charge in [0.2, 0.25) is 0 Å². The van der Waals surface area contributed by atoms with E-state index in [9.17, 15) is 13.4 Å². The number of rotatable bonds is 4. The van der Waals surface area contributed by atoms with E-state index in [1.54, 1.807) is 0 Å². The highest BCUT2D eigenvalue weighted by Crippen LogP contribution is 2.18. The molecule has 0 radical (unpaired) electrons. The highest BCUT2D eigenvalue weighted by atomic mass is 32.2. The summed E-state index contributed by atoms with van der Waals surface area (Å²) in [6.45, 7) is 0. The highest BCUT2D eigenvalue weighted by Gasteiger charge is 2.14. The number of hydrogen-bond donors (Lipinski definition) is 1. The fourth-order valence-corrected chi connectivity index (χ4v) is 3.31. The van der Waals surface area contributed by atoms with E-state index in [0.29, 0.717) is 10.6 Å². The third-order valence-electron chi connectivity index (χ3n) is 2.31. The predicted molar refractivity (Wildman–Crippen MR) is 67.8 cm³/mol. The SMILES string of the molecule is O=C(O)c1cc(S(=O)Cc2ccsc2)ccc1F. The van der Waals surface area contributed by atoms with Crippen molar-refractivity contribution in [1.82, 2.24) is 0 Å². The van der Waals surface area contributed by atoms with Gasteiger partial charge in [-0.15, -0.1) is 0 Å². The molecule has 0 saturated heterocycles. The number of halogens is 1. The Labute approximate surface area is 109 Å². The average Bonchev–Trinajstić information content (AvgIpc) is 2.81. The van der Waals surface area contributed by atoms with E-state index in [2.05, 4.69) is 0 Å². The Morgan fingerprint density at radius 3 is 2.78 bits per heavy atom. The summed E-state index contributed by atoms with van der Waals surface area (Å²) in [5.74, 6) is -1.88. The van der Waals surface area contributed by atoms with Crippen LogP contribution in [0.5, 0.6) is 0 Å². The van der Waals surface area contributed by atoms with Crippen LogP contribution in [0, 0.1) is 5.82 Å². The normalized spacial score (nSPS) is 12.3. The number of carboxylic acid groups (broad SMARTS) is 1. The van der Waals surface area contributed by atoms with Gasteiger partial charge in [0, 0.05) is 4.90 Å². The molecule has 1 atom stereocenters. The lowest BCUT2D eigenvalue weighted by Crippen LogP contribution is -2.03. The molecule has 18 heavy (non-hydrogen) atoms. The van der Waals surface area contributed by atoms with E-state index in [1.807, 2.05) is 16.8 Å². The molecule has 6 heteroatoms. The van der Waals surface area contributed by atoms with E-state index < -0.39 is 28.1 Å². The third-order valence-corrected chi connectivity index (χ3v) is 4.42. The van der Waals surface area contributed by atoms with Gasteiger partial charge in [-0.2, -0.15) is 11.3 Å². The second-order valence-corrected chi connectivity index (χ2v) is 5.80. The molecule has 0 aliphatic carbocycles. The zero-order valence-corrected chi connectivity index (χ0v) is 10.8. The molecule has 0 aliphatic rings. The molecule has 0 bridgehead atoms. The number of carbonyl (C=O) groups is 1. The van der Waals surface area contributed by atoms with E-state index in [-0.39, 0.29) is 0 Å². The summed E-state index contributed by atoms with van der Waals surface area (Å²) in [6, 6.07) is 5.36. The van der Waals surface area contributed by atoms with Crippen LogP contribution >= 0.6 is 11.3 Å². The minimum absolute atomic E-state index is 0.300.